The van der Waals surface area contributed by atoms with Gasteiger partial charge in [0.25, 0.3) is 0 Å². The Morgan fingerprint density at radius 3 is 1.84 bits per heavy atom. The first-order valence-electron chi connectivity index (χ1n) is 17.9. The van der Waals surface area contributed by atoms with Crippen molar-refractivity contribution in [1.82, 2.24) is 21.3 Å². The molecule has 56 heavy (non-hydrogen) atoms. The molecule has 6 N–H and O–H groups in total. The van der Waals surface area contributed by atoms with E-state index >= 15 is 0 Å². The van der Waals surface area contributed by atoms with Crippen LogP contribution < -0.4 is 27.0 Å². The first kappa shape index (κ1) is 40.0. The Balaban J connectivity index is 1.28. The van der Waals surface area contributed by atoms with Crippen LogP contribution in [0.5, 0.6) is 0 Å². The van der Waals surface area contributed by atoms with Crippen molar-refractivity contribution in [3.05, 3.63) is 130 Å². The van der Waals surface area contributed by atoms with Gasteiger partial charge in [-0.15, -0.1) is 11.3 Å². The number of rotatable bonds is 14. The van der Waals surface area contributed by atoms with E-state index in [9.17, 15) is 41.1 Å². The van der Waals surface area contributed by atoms with Crippen molar-refractivity contribution in [3.8, 4) is 11.1 Å². The quantitative estimate of drug-likeness (QED) is 0.0596. The molecule has 3 atom stereocenters. The van der Waals surface area contributed by atoms with Crippen molar-refractivity contribution in [3.63, 3.8) is 0 Å². The molecule has 0 bridgehead atoms. The zero-order valence-corrected chi connectivity index (χ0v) is 30.7. The number of piperidine rings is 1. The van der Waals surface area contributed by atoms with Crippen LogP contribution >= 0.6 is 11.3 Å². The van der Waals surface area contributed by atoms with Crippen LogP contribution in [0.15, 0.2) is 84.9 Å². The summed E-state index contributed by atoms with van der Waals surface area (Å²) in [6.45, 7) is 1.25. The van der Waals surface area contributed by atoms with E-state index < -0.39 is 76.9 Å². The Morgan fingerprint density at radius 1 is 0.661 bits per heavy atom. The fourth-order valence-corrected chi connectivity index (χ4v) is 7.74. The molecule has 0 radical (unpaired) electrons. The molecule has 6 rings (SSSR count). The number of thiophene rings is 1. The van der Waals surface area contributed by atoms with E-state index in [2.05, 4.69) is 21.3 Å². The SMILES string of the molecule is NC(=O)[C@H](Cc1c(F)c(F)c(F)c(F)c1F)NC(=O)[C@@H](Cc1cc2ccccc2s1)NC(=O)[C@@H](Cc1ccc(-c2ccccc2)cc1)NC(=O)C1CCNCC1. The van der Waals surface area contributed by atoms with Gasteiger partial charge in [-0.2, -0.15) is 0 Å². The fourth-order valence-electron chi connectivity index (χ4n) is 6.63. The molecule has 9 nitrogen and oxygen atoms in total. The Bertz CT molecular complexity index is 2170. The number of carbonyl (C=O) groups is 4. The zero-order valence-electron chi connectivity index (χ0n) is 29.9. The summed E-state index contributed by atoms with van der Waals surface area (Å²) in [5.74, 6) is -15.0. The van der Waals surface area contributed by atoms with E-state index in [0.717, 1.165) is 21.2 Å². The van der Waals surface area contributed by atoms with Gasteiger partial charge in [0.2, 0.25) is 29.4 Å². The summed E-state index contributed by atoms with van der Waals surface area (Å²) in [7, 11) is 0. The molecule has 0 unspecified atom stereocenters. The fraction of sp³-hybridized carbons (Fsp3) is 0.268. The molecule has 0 spiro atoms. The lowest BCUT2D eigenvalue weighted by Crippen LogP contribution is -2.58. The molecule has 1 fully saturated rings. The van der Waals surface area contributed by atoms with Crippen LogP contribution in [0.3, 0.4) is 0 Å². The molecule has 15 heteroatoms. The number of hydrogen-bond acceptors (Lipinski definition) is 6. The van der Waals surface area contributed by atoms with E-state index in [0.29, 0.717) is 36.4 Å². The van der Waals surface area contributed by atoms with Gasteiger partial charge in [0, 0.05) is 40.3 Å². The first-order chi connectivity index (χ1) is 26.9. The first-order valence-corrected chi connectivity index (χ1v) is 18.7. The lowest BCUT2D eigenvalue weighted by Gasteiger charge is -2.27. The summed E-state index contributed by atoms with van der Waals surface area (Å²) >= 11 is 1.33. The number of nitrogens with two attached hydrogens (primary N) is 1. The molecule has 292 valence electrons. The summed E-state index contributed by atoms with van der Waals surface area (Å²) in [5.41, 5.74) is 6.73. The maximum Gasteiger partial charge on any atom is 0.243 e. The molecule has 1 saturated heterocycles. The van der Waals surface area contributed by atoms with Crippen LogP contribution in [0, 0.1) is 35.0 Å². The molecule has 5 aromatic rings. The van der Waals surface area contributed by atoms with Gasteiger partial charge in [-0.05, 0) is 60.1 Å². The summed E-state index contributed by atoms with van der Waals surface area (Å²) < 4.78 is 71.9. The summed E-state index contributed by atoms with van der Waals surface area (Å²) in [6.07, 6.45) is -0.157. The molecule has 1 aliphatic rings. The third-order valence-corrected chi connectivity index (χ3v) is 10.9. The minimum Gasteiger partial charge on any atom is -0.368 e. The highest BCUT2D eigenvalue weighted by Gasteiger charge is 2.34. The van der Waals surface area contributed by atoms with Crippen molar-refractivity contribution in [2.24, 2.45) is 11.7 Å². The van der Waals surface area contributed by atoms with Gasteiger partial charge in [0.05, 0.1) is 0 Å². The summed E-state index contributed by atoms with van der Waals surface area (Å²) in [5, 5.41) is 11.8. The predicted octanol–water partition coefficient (Wildman–Crippen LogP) is 5.23. The van der Waals surface area contributed by atoms with E-state index in [1.165, 1.54) is 11.3 Å². The van der Waals surface area contributed by atoms with Crippen LogP contribution in [0.4, 0.5) is 22.0 Å². The maximum atomic E-state index is 14.6. The van der Waals surface area contributed by atoms with E-state index in [1.54, 1.807) is 6.07 Å². The van der Waals surface area contributed by atoms with Crippen LogP contribution in [0.25, 0.3) is 21.2 Å². The predicted molar refractivity (Wildman–Crippen MR) is 202 cm³/mol. The lowest BCUT2D eigenvalue weighted by molar-refractivity contribution is -0.134. The van der Waals surface area contributed by atoms with Crippen LogP contribution in [-0.4, -0.2) is 54.8 Å². The number of amides is 4. The Morgan fingerprint density at radius 2 is 1.21 bits per heavy atom. The average molecular weight is 792 g/mol. The molecule has 4 amide bonds. The Hall–Kier alpha value is -5.67. The molecule has 1 aromatic heterocycles. The van der Waals surface area contributed by atoms with E-state index in [1.807, 2.05) is 78.9 Å². The second-order valence-electron chi connectivity index (χ2n) is 13.6. The van der Waals surface area contributed by atoms with E-state index in [-0.39, 0.29) is 24.7 Å². The number of carbonyl (C=O) groups excluding carboxylic acids is 4. The number of halogens is 5. The van der Waals surface area contributed by atoms with Crippen molar-refractivity contribution < 1.29 is 41.1 Å². The number of hydrogen-bond donors (Lipinski definition) is 5. The number of benzene rings is 4. The monoisotopic (exact) mass is 791 g/mol. The van der Waals surface area contributed by atoms with E-state index in [4.69, 9.17) is 5.73 Å². The van der Waals surface area contributed by atoms with Gasteiger partial charge in [0.1, 0.15) is 18.1 Å². The van der Waals surface area contributed by atoms with Gasteiger partial charge in [-0.1, -0.05) is 72.8 Å². The minimum absolute atomic E-state index is 0.0407. The Kier molecular flexibility index (Phi) is 12.8. The standard InChI is InChI=1S/C41H38F5N5O4S/c42-33-28(34(43)36(45)37(46)35(33)44)21-29(38(47)52)49-41(55)31(20-27-19-26-8-4-5-9-32(26)56-27)51-40(54)30(50-39(53)25-14-16-48-17-15-25)18-22-10-12-24(13-11-22)23-6-2-1-3-7-23/h1-13,19,25,29-31,48H,14-18,20-21H2,(H2,47,52)(H,49,55)(H,50,53)(H,51,54)/t29-,30+,31+/m0/s1. The topological polar surface area (TPSA) is 142 Å². The van der Waals surface area contributed by atoms with Crippen molar-refractivity contribution in [2.75, 3.05) is 13.1 Å². The average Bonchev–Trinajstić information content (AvgIpc) is 3.63. The highest BCUT2D eigenvalue weighted by Crippen LogP contribution is 2.27. The largest absolute Gasteiger partial charge is 0.368 e. The van der Waals surface area contributed by atoms with Gasteiger partial charge < -0.3 is 27.0 Å². The molecule has 4 aromatic carbocycles. The highest BCUT2D eigenvalue weighted by atomic mass is 32.1. The van der Waals surface area contributed by atoms with Crippen molar-refractivity contribution >= 4 is 45.1 Å². The third kappa shape index (κ3) is 9.40. The summed E-state index contributed by atoms with van der Waals surface area (Å²) in [6, 6.07) is 21.7. The summed E-state index contributed by atoms with van der Waals surface area (Å²) in [4.78, 5) is 54.8. The van der Waals surface area contributed by atoms with Gasteiger partial charge in [0.15, 0.2) is 23.3 Å². The molecule has 1 aliphatic heterocycles. The smallest absolute Gasteiger partial charge is 0.243 e. The second kappa shape index (κ2) is 17.9. The molecule has 0 aliphatic carbocycles. The molecular weight excluding hydrogens is 754 g/mol. The Labute approximate surface area is 322 Å². The molecule has 2 heterocycles. The lowest BCUT2D eigenvalue weighted by atomic mass is 9.95. The third-order valence-electron chi connectivity index (χ3n) is 9.73. The van der Waals surface area contributed by atoms with Crippen molar-refractivity contribution in [1.29, 1.82) is 0 Å². The van der Waals surface area contributed by atoms with Crippen LogP contribution in [-0.2, 0) is 38.4 Å². The van der Waals surface area contributed by atoms with Crippen molar-refractivity contribution in [2.45, 2.75) is 50.2 Å². The van der Waals surface area contributed by atoms with Gasteiger partial charge in [-0.25, -0.2) is 22.0 Å². The maximum absolute atomic E-state index is 14.6. The second-order valence-corrected chi connectivity index (χ2v) is 14.8. The van der Waals surface area contributed by atoms with Crippen LogP contribution in [0.1, 0.15) is 28.8 Å². The normalized spacial score (nSPS) is 14.8. The number of fused-ring (bicyclic) bond motifs is 1. The van der Waals surface area contributed by atoms with Crippen LogP contribution in [0.2, 0.25) is 0 Å². The highest BCUT2D eigenvalue weighted by molar-refractivity contribution is 7.19. The zero-order chi connectivity index (χ0) is 39.9. The molecule has 0 saturated carbocycles. The van der Waals surface area contributed by atoms with Gasteiger partial charge in [-0.3, -0.25) is 19.2 Å². The number of nitrogens with one attached hydrogen (secondary N) is 4. The molecular formula is C41H38F5N5O4S. The van der Waals surface area contributed by atoms with Gasteiger partial charge >= 0.3 is 0 Å². The number of primary amides is 1. The minimum atomic E-state index is -2.39.